The van der Waals surface area contributed by atoms with Crippen molar-refractivity contribution in [2.75, 3.05) is 0 Å². The third-order valence-corrected chi connectivity index (χ3v) is 10.3. The molecule has 0 saturated heterocycles. The summed E-state index contributed by atoms with van der Waals surface area (Å²) < 4.78 is 0. The first-order valence-electron chi connectivity index (χ1n) is 11.7. The van der Waals surface area contributed by atoms with Crippen molar-refractivity contribution in [1.82, 2.24) is 0 Å². The molecule has 2 heteroatoms. The van der Waals surface area contributed by atoms with Crippen LogP contribution in [0.2, 0.25) is 0 Å². The lowest BCUT2D eigenvalue weighted by Crippen LogP contribution is -2.54. The number of nitriles is 1. The summed E-state index contributed by atoms with van der Waals surface area (Å²) in [6, 6.07) is 2.94. The molecule has 5 aliphatic carbocycles. The van der Waals surface area contributed by atoms with Crippen LogP contribution in [0.5, 0.6) is 0 Å². The number of hydrogen-bond donors (Lipinski definition) is 0. The average Bonchev–Trinajstić information content (AvgIpc) is 3.44. The Balaban J connectivity index is 1.59. The summed E-state index contributed by atoms with van der Waals surface area (Å²) in [5.74, 6) is 5.62. The van der Waals surface area contributed by atoms with Gasteiger partial charge in [0.1, 0.15) is 0 Å². The lowest BCUT2D eigenvalue weighted by atomic mass is 9.43. The second kappa shape index (κ2) is 5.95. The lowest BCUT2D eigenvalue weighted by molar-refractivity contribution is -0.118. The van der Waals surface area contributed by atoms with Crippen molar-refractivity contribution in [2.45, 2.75) is 78.6 Å². The largest absolute Gasteiger partial charge is 0.295 e. The van der Waals surface area contributed by atoms with Gasteiger partial charge in [-0.1, -0.05) is 32.8 Å². The zero-order valence-electron chi connectivity index (χ0n) is 17.3. The summed E-state index contributed by atoms with van der Waals surface area (Å²) in [6.07, 6.45) is 12.4. The van der Waals surface area contributed by atoms with Crippen LogP contribution in [-0.2, 0) is 4.79 Å². The van der Waals surface area contributed by atoms with E-state index in [1.807, 2.05) is 6.08 Å². The Kier molecular flexibility index (Phi) is 3.96. The maximum absolute atomic E-state index is 12.1. The minimum absolute atomic E-state index is 0.0566. The molecule has 9 atom stereocenters. The number of fused-ring (bicyclic) bond motifs is 7. The van der Waals surface area contributed by atoms with E-state index < -0.39 is 0 Å². The Morgan fingerprint density at radius 1 is 1.19 bits per heavy atom. The highest BCUT2D eigenvalue weighted by Gasteiger charge is 2.77. The van der Waals surface area contributed by atoms with Gasteiger partial charge in [0.2, 0.25) is 0 Å². The Bertz CT molecular complexity index is 731. The monoisotopic (exact) mass is 365 g/mol. The highest BCUT2D eigenvalue weighted by molar-refractivity contribution is 5.91. The Morgan fingerprint density at radius 3 is 2.67 bits per heavy atom. The molecule has 146 valence electrons. The predicted octanol–water partition coefficient (Wildman–Crippen LogP) is 5.93. The molecule has 0 aromatic carbocycles. The Hall–Kier alpha value is -1.10. The molecule has 0 aliphatic heterocycles. The van der Waals surface area contributed by atoms with Gasteiger partial charge >= 0.3 is 0 Å². The van der Waals surface area contributed by atoms with Crippen LogP contribution in [-0.4, -0.2) is 5.78 Å². The minimum Gasteiger partial charge on any atom is -0.295 e. The maximum atomic E-state index is 12.1. The minimum atomic E-state index is -0.0566. The number of ketones is 1. The standard InChI is InChI=1S/C25H35NO/c1-4-15-11-16-12-17(27)7-8-18(16)19-9-10-24(5-2)23(22(15)19)20-13-21(20)25(24,6-3)14-26/h12,15,18-23H,4-11,13H2,1-3H3/t15-,18-,19+,20+,21-,22+,23-,24-,25-/m0/s1. The van der Waals surface area contributed by atoms with E-state index >= 15 is 0 Å². The van der Waals surface area contributed by atoms with Gasteiger partial charge in [0, 0.05) is 6.42 Å². The SMILES string of the molecule is CC[C@H]1CC2=CC(=O)CC[C@@H]2[C@H]2CC[C@@]3(CC)[C@@H]([C@@H]4C[C@@H]4[C@@]3(C#N)CC)[C@H]12. The van der Waals surface area contributed by atoms with Crippen molar-refractivity contribution >= 4 is 5.78 Å². The third kappa shape index (κ3) is 2.05. The molecule has 0 unspecified atom stereocenters. The highest BCUT2D eigenvalue weighted by Crippen LogP contribution is 2.81. The van der Waals surface area contributed by atoms with E-state index in [2.05, 4.69) is 26.8 Å². The van der Waals surface area contributed by atoms with Crippen molar-refractivity contribution in [3.8, 4) is 6.07 Å². The van der Waals surface area contributed by atoms with Crippen LogP contribution in [0.4, 0.5) is 0 Å². The fourth-order valence-electron chi connectivity index (χ4n) is 9.33. The first-order valence-corrected chi connectivity index (χ1v) is 11.7. The van der Waals surface area contributed by atoms with Gasteiger partial charge in [-0.05, 0) is 97.9 Å². The van der Waals surface area contributed by atoms with E-state index in [0.717, 1.165) is 55.3 Å². The Labute approximate surface area is 164 Å². The molecule has 5 rings (SSSR count). The van der Waals surface area contributed by atoms with Gasteiger partial charge in [0.25, 0.3) is 0 Å². The van der Waals surface area contributed by atoms with Crippen LogP contribution >= 0.6 is 0 Å². The van der Waals surface area contributed by atoms with E-state index in [-0.39, 0.29) is 10.8 Å². The number of carbonyl (C=O) groups is 1. The van der Waals surface area contributed by atoms with Gasteiger partial charge < -0.3 is 0 Å². The van der Waals surface area contributed by atoms with Gasteiger partial charge in [-0.2, -0.15) is 5.26 Å². The fraction of sp³-hybridized carbons (Fsp3) is 0.840. The zero-order chi connectivity index (χ0) is 19.0. The first kappa shape index (κ1) is 18.0. The molecule has 0 spiro atoms. The van der Waals surface area contributed by atoms with Crippen LogP contribution in [0.15, 0.2) is 11.6 Å². The molecule has 0 radical (unpaired) electrons. The second-order valence-corrected chi connectivity index (χ2v) is 10.5. The summed E-state index contributed by atoms with van der Waals surface area (Å²) in [4.78, 5) is 12.1. The number of rotatable bonds is 3. The number of hydrogen-bond acceptors (Lipinski definition) is 2. The smallest absolute Gasteiger partial charge is 0.155 e. The second-order valence-electron chi connectivity index (χ2n) is 10.5. The van der Waals surface area contributed by atoms with Gasteiger partial charge in [-0.25, -0.2) is 0 Å². The van der Waals surface area contributed by atoms with Gasteiger partial charge in [0.05, 0.1) is 11.5 Å². The molecule has 0 bridgehead atoms. The van der Waals surface area contributed by atoms with Crippen LogP contribution in [0.25, 0.3) is 0 Å². The normalized spacial score (nSPS) is 52.7. The van der Waals surface area contributed by atoms with E-state index in [9.17, 15) is 10.1 Å². The number of nitrogens with zero attached hydrogens (tertiary/aromatic N) is 1. The van der Waals surface area contributed by atoms with Crippen molar-refractivity contribution in [2.24, 2.45) is 52.3 Å². The summed E-state index contributed by atoms with van der Waals surface area (Å²) in [5.41, 5.74) is 1.71. The molecule has 2 nitrogen and oxygen atoms in total. The van der Waals surface area contributed by atoms with Gasteiger partial charge in [-0.3, -0.25) is 4.79 Å². The Morgan fingerprint density at radius 2 is 2.00 bits per heavy atom. The third-order valence-electron chi connectivity index (χ3n) is 10.3. The molecule has 4 fully saturated rings. The van der Waals surface area contributed by atoms with E-state index in [1.54, 1.807) is 0 Å². The van der Waals surface area contributed by atoms with Crippen molar-refractivity contribution in [1.29, 1.82) is 5.26 Å². The van der Waals surface area contributed by atoms with Crippen LogP contribution in [0, 0.1) is 63.6 Å². The van der Waals surface area contributed by atoms with Crippen LogP contribution < -0.4 is 0 Å². The molecule has 0 N–H and O–H groups in total. The van der Waals surface area contributed by atoms with E-state index in [4.69, 9.17) is 0 Å². The quantitative estimate of drug-likeness (QED) is 0.622. The number of allylic oxidation sites excluding steroid dienone is 1. The van der Waals surface area contributed by atoms with Crippen LogP contribution in [0.3, 0.4) is 0 Å². The lowest BCUT2D eigenvalue weighted by Gasteiger charge is -2.60. The topological polar surface area (TPSA) is 40.9 Å². The van der Waals surface area contributed by atoms with E-state index in [1.165, 1.54) is 37.7 Å². The predicted molar refractivity (Wildman–Crippen MR) is 107 cm³/mol. The maximum Gasteiger partial charge on any atom is 0.155 e. The molecule has 5 aliphatic rings. The van der Waals surface area contributed by atoms with Crippen LogP contribution in [0.1, 0.15) is 78.6 Å². The van der Waals surface area contributed by atoms with Crippen molar-refractivity contribution < 1.29 is 4.79 Å². The molecular weight excluding hydrogens is 330 g/mol. The highest BCUT2D eigenvalue weighted by atomic mass is 16.1. The summed E-state index contributed by atoms with van der Waals surface area (Å²) in [7, 11) is 0. The molecule has 0 heterocycles. The summed E-state index contributed by atoms with van der Waals surface area (Å²) >= 11 is 0. The van der Waals surface area contributed by atoms with Crippen molar-refractivity contribution in [3.05, 3.63) is 11.6 Å². The summed E-state index contributed by atoms with van der Waals surface area (Å²) in [6.45, 7) is 7.04. The van der Waals surface area contributed by atoms with E-state index in [0.29, 0.717) is 17.6 Å². The fourth-order valence-corrected chi connectivity index (χ4v) is 9.33. The van der Waals surface area contributed by atoms with Crippen molar-refractivity contribution in [3.63, 3.8) is 0 Å². The molecule has 0 aromatic rings. The molecule has 27 heavy (non-hydrogen) atoms. The van der Waals surface area contributed by atoms with Gasteiger partial charge in [-0.15, -0.1) is 0 Å². The molecule has 0 amide bonds. The number of carbonyl (C=O) groups excluding carboxylic acids is 1. The van der Waals surface area contributed by atoms with Gasteiger partial charge in [0.15, 0.2) is 5.78 Å². The zero-order valence-corrected chi connectivity index (χ0v) is 17.3. The molecule has 4 saturated carbocycles. The first-order chi connectivity index (χ1) is 13.1. The summed E-state index contributed by atoms with van der Waals surface area (Å²) in [5, 5.41) is 10.4. The molecule has 0 aromatic heterocycles. The molecular formula is C25H35NO. The average molecular weight is 366 g/mol.